The van der Waals surface area contributed by atoms with Gasteiger partial charge in [-0.2, -0.15) is 9.97 Å². The van der Waals surface area contributed by atoms with Crippen LogP contribution in [-0.2, 0) is 20.7 Å². The van der Waals surface area contributed by atoms with Gasteiger partial charge in [-0.1, -0.05) is 18.6 Å². The number of anilines is 3. The van der Waals surface area contributed by atoms with E-state index in [1.54, 1.807) is 6.07 Å². The number of amides is 1. The van der Waals surface area contributed by atoms with Crippen molar-refractivity contribution in [1.29, 1.82) is 0 Å². The zero-order valence-corrected chi connectivity index (χ0v) is 27.2. The molecule has 2 saturated heterocycles. The molecule has 7 rings (SSSR count). The van der Waals surface area contributed by atoms with Gasteiger partial charge < -0.3 is 34.4 Å². The van der Waals surface area contributed by atoms with Crippen molar-refractivity contribution in [1.82, 2.24) is 25.2 Å². The number of morpholine rings is 1. The molecule has 5 heterocycles. The second kappa shape index (κ2) is 13.8. The summed E-state index contributed by atoms with van der Waals surface area (Å²) in [6.45, 7) is 9.13. The Morgan fingerprint density at radius 3 is 2.71 bits per heavy atom. The highest BCUT2D eigenvalue weighted by molar-refractivity contribution is 5.92. The van der Waals surface area contributed by atoms with Gasteiger partial charge in [0.2, 0.25) is 5.91 Å². The molecule has 14 heteroatoms. The molecule has 0 bridgehead atoms. The van der Waals surface area contributed by atoms with Gasteiger partial charge in [0.05, 0.1) is 68.4 Å². The van der Waals surface area contributed by atoms with Gasteiger partial charge in [0, 0.05) is 50.8 Å². The SMILES string of the molecule is C#Cc1c(F)ccc2c1N(c1ncc3c(N4CCOC[C@@H](NC(=O)C=C)C4)nc(OCC4(CN5CCOCC5)CC4)nc3c1F)C[C@@H](O)C2. The van der Waals surface area contributed by atoms with E-state index in [-0.39, 0.29) is 59.5 Å². The normalized spacial score (nSPS) is 22.2. The maximum Gasteiger partial charge on any atom is 0.319 e. The van der Waals surface area contributed by atoms with E-state index < -0.39 is 23.8 Å². The summed E-state index contributed by atoms with van der Waals surface area (Å²) in [7, 11) is 0. The molecule has 0 spiro atoms. The Hall–Kier alpha value is -4.42. The van der Waals surface area contributed by atoms with Crippen LogP contribution in [0.3, 0.4) is 0 Å². The summed E-state index contributed by atoms with van der Waals surface area (Å²) in [6.07, 6.45) is 9.71. The summed E-state index contributed by atoms with van der Waals surface area (Å²) < 4.78 is 49.4. The number of hydrogen-bond donors (Lipinski definition) is 2. The number of β-amino-alcohol motifs (C(OH)–C–C–N with tert-alkyl or cyclic N) is 1. The van der Waals surface area contributed by atoms with E-state index in [2.05, 4.69) is 32.7 Å². The summed E-state index contributed by atoms with van der Waals surface area (Å²) >= 11 is 0. The monoisotopic (exact) mass is 675 g/mol. The third-order valence-corrected chi connectivity index (χ3v) is 9.58. The van der Waals surface area contributed by atoms with Crippen molar-refractivity contribution >= 4 is 34.1 Å². The Labute approximate surface area is 283 Å². The Balaban J connectivity index is 1.28. The van der Waals surface area contributed by atoms with Crippen LogP contribution in [0.25, 0.3) is 10.9 Å². The molecule has 3 fully saturated rings. The fraction of sp³-hybridized carbons (Fsp3) is 0.486. The van der Waals surface area contributed by atoms with Crippen LogP contribution in [0, 0.1) is 29.4 Å². The fourth-order valence-electron chi connectivity index (χ4n) is 6.86. The van der Waals surface area contributed by atoms with Crippen LogP contribution in [0.4, 0.5) is 26.1 Å². The molecule has 2 N–H and O–H groups in total. The molecule has 2 aromatic heterocycles. The molecule has 1 aromatic carbocycles. The van der Waals surface area contributed by atoms with E-state index in [1.165, 1.54) is 23.2 Å². The highest BCUT2D eigenvalue weighted by Crippen LogP contribution is 2.47. The zero-order chi connectivity index (χ0) is 34.1. The van der Waals surface area contributed by atoms with Crippen LogP contribution >= 0.6 is 0 Å². The van der Waals surface area contributed by atoms with Crippen LogP contribution in [-0.4, -0.2) is 115 Å². The molecule has 12 nitrogen and oxygen atoms in total. The molecule has 3 aliphatic heterocycles. The van der Waals surface area contributed by atoms with Gasteiger partial charge in [-0.05, 0) is 30.5 Å². The van der Waals surface area contributed by atoms with Crippen LogP contribution in [0.1, 0.15) is 24.0 Å². The van der Waals surface area contributed by atoms with Crippen molar-refractivity contribution in [3.8, 4) is 18.4 Å². The number of aromatic nitrogens is 3. The van der Waals surface area contributed by atoms with Crippen LogP contribution < -0.4 is 19.9 Å². The number of fused-ring (bicyclic) bond motifs is 2. The smallest absolute Gasteiger partial charge is 0.319 e. The lowest BCUT2D eigenvalue weighted by atomic mass is 9.95. The van der Waals surface area contributed by atoms with E-state index in [0.29, 0.717) is 56.3 Å². The van der Waals surface area contributed by atoms with Gasteiger partial charge in [0.15, 0.2) is 11.6 Å². The van der Waals surface area contributed by atoms with Crippen molar-refractivity contribution in [3.63, 3.8) is 0 Å². The number of benzene rings is 1. The lowest BCUT2D eigenvalue weighted by Crippen LogP contribution is -2.44. The first kappa shape index (κ1) is 33.1. The fourth-order valence-corrected chi connectivity index (χ4v) is 6.86. The average molecular weight is 676 g/mol. The number of carbonyl (C=O) groups is 1. The molecule has 1 saturated carbocycles. The minimum atomic E-state index is -0.874. The number of rotatable bonds is 9. The quantitative estimate of drug-likeness (QED) is 0.257. The van der Waals surface area contributed by atoms with Crippen molar-refractivity contribution < 1.29 is 32.9 Å². The predicted molar refractivity (Wildman–Crippen MR) is 178 cm³/mol. The average Bonchev–Trinajstić information content (AvgIpc) is 3.91. The second-order valence-electron chi connectivity index (χ2n) is 13.1. The standard InChI is InChI=1S/C35H39F2N7O5/c1-3-25-27(36)6-5-22-15-24(45)18-44(31(22)25)33-29(37)30-26(16-38-33)32(43-11-14-48-19-23(17-43)39-28(46)4-2)41-34(40-30)49-21-35(7-8-35)20-42-9-12-47-13-10-42/h1,4-6,16,23-24,45H,2,7-15,17-21H2,(H,39,46)/t23-,24-/m0/s1. The summed E-state index contributed by atoms with van der Waals surface area (Å²) in [5.41, 5.74) is 0.713. The van der Waals surface area contributed by atoms with Gasteiger partial charge >= 0.3 is 6.01 Å². The Kier molecular flexibility index (Phi) is 9.34. The molecule has 3 aromatic rings. The van der Waals surface area contributed by atoms with Gasteiger partial charge in [0.1, 0.15) is 17.2 Å². The zero-order valence-electron chi connectivity index (χ0n) is 27.2. The lowest BCUT2D eigenvalue weighted by molar-refractivity contribution is -0.117. The largest absolute Gasteiger partial charge is 0.463 e. The summed E-state index contributed by atoms with van der Waals surface area (Å²) in [5, 5.41) is 13.9. The van der Waals surface area contributed by atoms with E-state index in [9.17, 15) is 14.3 Å². The van der Waals surface area contributed by atoms with E-state index >= 15 is 4.39 Å². The van der Waals surface area contributed by atoms with Crippen molar-refractivity contribution in [2.45, 2.75) is 31.4 Å². The Morgan fingerprint density at radius 2 is 1.96 bits per heavy atom. The third kappa shape index (κ3) is 6.89. The molecule has 4 aliphatic rings. The number of pyridine rings is 1. The topological polar surface area (TPSA) is 125 Å². The number of hydrogen-bond acceptors (Lipinski definition) is 11. The predicted octanol–water partition coefficient (Wildman–Crippen LogP) is 2.34. The van der Waals surface area contributed by atoms with Gasteiger partial charge in [-0.25, -0.2) is 13.8 Å². The summed E-state index contributed by atoms with van der Waals surface area (Å²) in [6, 6.07) is 2.39. The number of terminal acetylenes is 1. The molecule has 258 valence electrons. The maximum absolute atomic E-state index is 16.9. The molecular formula is C35H39F2N7O5. The molecule has 1 aliphatic carbocycles. The van der Waals surface area contributed by atoms with Crippen LogP contribution in [0.5, 0.6) is 6.01 Å². The first-order valence-electron chi connectivity index (χ1n) is 16.6. The number of halogens is 2. The van der Waals surface area contributed by atoms with E-state index in [4.69, 9.17) is 25.6 Å². The molecule has 1 amide bonds. The maximum atomic E-state index is 16.9. The second-order valence-corrected chi connectivity index (χ2v) is 13.1. The van der Waals surface area contributed by atoms with Crippen molar-refractivity contribution in [2.75, 3.05) is 82.1 Å². The van der Waals surface area contributed by atoms with Gasteiger partial charge in [0.25, 0.3) is 0 Å². The first-order chi connectivity index (χ1) is 23.8. The van der Waals surface area contributed by atoms with Crippen molar-refractivity contribution in [2.24, 2.45) is 5.41 Å². The number of aliphatic hydroxyl groups excluding tert-OH is 1. The number of aliphatic hydroxyl groups is 1. The highest BCUT2D eigenvalue weighted by Gasteiger charge is 2.45. The number of nitrogens with one attached hydrogen (secondary N) is 1. The Bertz CT molecular complexity index is 1790. The van der Waals surface area contributed by atoms with Gasteiger partial charge in [-0.15, -0.1) is 6.42 Å². The Morgan fingerprint density at radius 1 is 1.16 bits per heavy atom. The van der Waals surface area contributed by atoms with Gasteiger partial charge in [-0.3, -0.25) is 9.69 Å². The van der Waals surface area contributed by atoms with Crippen LogP contribution in [0.2, 0.25) is 0 Å². The summed E-state index contributed by atoms with van der Waals surface area (Å²) in [5.74, 6) is 0.833. The third-order valence-electron chi connectivity index (χ3n) is 9.58. The lowest BCUT2D eigenvalue weighted by Gasteiger charge is -2.34. The van der Waals surface area contributed by atoms with E-state index in [1.807, 2.05) is 4.90 Å². The molecule has 49 heavy (non-hydrogen) atoms. The molecule has 0 unspecified atom stereocenters. The number of ether oxygens (including phenoxy) is 3. The number of carbonyl (C=O) groups excluding carboxylic acids is 1. The molecule has 2 atom stereocenters. The molecule has 0 radical (unpaired) electrons. The minimum Gasteiger partial charge on any atom is -0.463 e. The summed E-state index contributed by atoms with van der Waals surface area (Å²) in [4.78, 5) is 31.7. The minimum absolute atomic E-state index is 0.00178. The number of nitrogens with zero attached hydrogens (tertiary/aromatic N) is 6. The van der Waals surface area contributed by atoms with Crippen LogP contribution in [0.15, 0.2) is 31.0 Å². The van der Waals surface area contributed by atoms with E-state index in [0.717, 1.165) is 32.5 Å². The molecular weight excluding hydrogens is 636 g/mol. The first-order valence-corrected chi connectivity index (χ1v) is 16.6. The highest BCUT2D eigenvalue weighted by atomic mass is 19.1. The van der Waals surface area contributed by atoms with Crippen molar-refractivity contribution in [3.05, 3.63) is 53.7 Å².